The third kappa shape index (κ3) is 4.79. The van der Waals surface area contributed by atoms with Gasteiger partial charge in [-0.1, -0.05) is 49.7 Å². The zero-order valence-electron chi connectivity index (χ0n) is 15.3. The molecule has 1 fully saturated rings. The zero-order chi connectivity index (χ0) is 19.2. The SMILES string of the molecule is CCCc1ccc(-c2ccc(C3COC(/C(F)=C/CF)OC3)c(F)c2)cc1. The minimum Gasteiger partial charge on any atom is -0.346 e. The summed E-state index contributed by atoms with van der Waals surface area (Å²) in [5.41, 5.74) is 3.48. The van der Waals surface area contributed by atoms with Crippen LogP contribution < -0.4 is 0 Å². The van der Waals surface area contributed by atoms with E-state index in [2.05, 4.69) is 19.1 Å². The van der Waals surface area contributed by atoms with Crippen LogP contribution in [0.25, 0.3) is 11.1 Å². The zero-order valence-corrected chi connectivity index (χ0v) is 15.3. The summed E-state index contributed by atoms with van der Waals surface area (Å²) in [6.45, 7) is 1.43. The highest BCUT2D eigenvalue weighted by Gasteiger charge is 2.28. The van der Waals surface area contributed by atoms with Crippen molar-refractivity contribution in [2.45, 2.75) is 32.0 Å². The predicted molar refractivity (Wildman–Crippen MR) is 99.4 cm³/mol. The van der Waals surface area contributed by atoms with Crippen molar-refractivity contribution in [1.82, 2.24) is 0 Å². The molecule has 144 valence electrons. The molecule has 0 unspecified atom stereocenters. The Morgan fingerprint density at radius 1 is 1.07 bits per heavy atom. The van der Waals surface area contributed by atoms with Crippen LogP contribution in [0.3, 0.4) is 0 Å². The van der Waals surface area contributed by atoms with Crippen molar-refractivity contribution < 1.29 is 22.6 Å². The Balaban J connectivity index is 1.69. The standard InChI is InChI=1S/C22H23F3O2/c1-2-3-15-4-6-16(7-5-15)17-8-9-19(21(25)12-17)18-13-26-22(27-14-18)20(24)10-11-23/h4-10,12,18,22H,2-3,11,13-14H2,1H3/b20-10-. The first-order valence-corrected chi connectivity index (χ1v) is 9.15. The Morgan fingerprint density at radius 2 is 1.74 bits per heavy atom. The molecule has 0 aliphatic carbocycles. The molecule has 1 heterocycles. The van der Waals surface area contributed by atoms with Crippen molar-refractivity contribution in [3.8, 4) is 11.1 Å². The molecule has 0 bridgehead atoms. The molecule has 5 heteroatoms. The number of alkyl halides is 1. The topological polar surface area (TPSA) is 18.5 Å². The summed E-state index contributed by atoms with van der Waals surface area (Å²) in [4.78, 5) is 0. The Bertz CT molecular complexity index is 779. The van der Waals surface area contributed by atoms with Gasteiger partial charge in [-0.05, 0) is 40.8 Å². The molecule has 0 aromatic heterocycles. The van der Waals surface area contributed by atoms with Gasteiger partial charge in [-0.15, -0.1) is 0 Å². The second-order valence-electron chi connectivity index (χ2n) is 6.62. The van der Waals surface area contributed by atoms with E-state index >= 15 is 0 Å². The average Bonchev–Trinajstić information content (AvgIpc) is 2.69. The third-order valence-electron chi connectivity index (χ3n) is 4.66. The highest BCUT2D eigenvalue weighted by Crippen LogP contribution is 2.30. The minimum absolute atomic E-state index is 0.111. The second kappa shape index (κ2) is 9.20. The van der Waals surface area contributed by atoms with Gasteiger partial charge >= 0.3 is 0 Å². The molecule has 0 spiro atoms. The number of ether oxygens (including phenoxy) is 2. The van der Waals surface area contributed by atoms with Gasteiger partial charge in [-0.25, -0.2) is 13.2 Å². The number of allylic oxidation sites excluding steroid dienone is 1. The van der Waals surface area contributed by atoms with E-state index < -0.39 is 18.8 Å². The van der Waals surface area contributed by atoms with Gasteiger partial charge in [-0.2, -0.15) is 0 Å². The quantitative estimate of drug-likeness (QED) is 0.641. The Kier molecular flexibility index (Phi) is 6.69. The Labute approximate surface area is 157 Å². The van der Waals surface area contributed by atoms with E-state index in [0.717, 1.165) is 30.0 Å². The third-order valence-corrected chi connectivity index (χ3v) is 4.66. The Hall–Kier alpha value is -2.11. The molecule has 2 aromatic rings. The number of halogens is 3. The summed E-state index contributed by atoms with van der Waals surface area (Å²) in [5.74, 6) is -1.47. The lowest BCUT2D eigenvalue weighted by atomic mass is 9.95. The first kappa shape index (κ1) is 19.6. The lowest BCUT2D eigenvalue weighted by Crippen LogP contribution is -2.31. The monoisotopic (exact) mass is 376 g/mol. The number of benzene rings is 2. The van der Waals surface area contributed by atoms with Crippen LogP contribution in [0.15, 0.2) is 54.4 Å². The van der Waals surface area contributed by atoms with Crippen molar-refractivity contribution in [3.05, 3.63) is 71.3 Å². The van der Waals surface area contributed by atoms with Crippen molar-refractivity contribution in [2.75, 3.05) is 19.9 Å². The van der Waals surface area contributed by atoms with E-state index in [1.54, 1.807) is 6.07 Å². The molecule has 0 amide bonds. The maximum atomic E-state index is 14.7. The van der Waals surface area contributed by atoms with Gasteiger partial charge in [0.1, 0.15) is 12.5 Å². The van der Waals surface area contributed by atoms with Crippen LogP contribution in [0.2, 0.25) is 0 Å². The summed E-state index contributed by atoms with van der Waals surface area (Å²) in [6.07, 6.45) is 1.67. The first-order chi connectivity index (χ1) is 13.1. The molecule has 3 rings (SSSR count). The molecule has 0 radical (unpaired) electrons. The molecule has 0 atom stereocenters. The molecule has 1 aliphatic heterocycles. The van der Waals surface area contributed by atoms with Crippen LogP contribution in [0, 0.1) is 5.82 Å². The van der Waals surface area contributed by atoms with Gasteiger partial charge in [0.2, 0.25) is 6.29 Å². The Morgan fingerprint density at radius 3 is 2.33 bits per heavy atom. The van der Waals surface area contributed by atoms with Crippen LogP contribution in [0.5, 0.6) is 0 Å². The largest absolute Gasteiger partial charge is 0.346 e. The lowest BCUT2D eigenvalue weighted by molar-refractivity contribution is -0.174. The normalized spacial score (nSPS) is 20.7. The summed E-state index contributed by atoms with van der Waals surface area (Å²) < 4.78 is 50.9. The molecule has 2 nitrogen and oxygen atoms in total. The highest BCUT2D eigenvalue weighted by atomic mass is 19.1. The van der Waals surface area contributed by atoms with Gasteiger partial charge in [0, 0.05) is 5.92 Å². The van der Waals surface area contributed by atoms with E-state index in [-0.39, 0.29) is 24.9 Å². The second-order valence-corrected chi connectivity index (χ2v) is 6.62. The smallest absolute Gasteiger partial charge is 0.210 e. The van der Waals surface area contributed by atoms with Crippen LogP contribution in [0.4, 0.5) is 13.2 Å². The number of aryl methyl sites for hydroxylation is 1. The first-order valence-electron chi connectivity index (χ1n) is 9.15. The summed E-state index contributed by atoms with van der Waals surface area (Å²) in [5, 5.41) is 0. The summed E-state index contributed by atoms with van der Waals surface area (Å²) >= 11 is 0. The number of hydrogen-bond donors (Lipinski definition) is 0. The van der Waals surface area contributed by atoms with Crippen LogP contribution in [-0.2, 0) is 15.9 Å². The maximum absolute atomic E-state index is 14.7. The van der Waals surface area contributed by atoms with Gasteiger partial charge in [0.25, 0.3) is 0 Å². The van der Waals surface area contributed by atoms with E-state index in [1.165, 1.54) is 11.6 Å². The van der Waals surface area contributed by atoms with E-state index in [4.69, 9.17) is 9.47 Å². The molecule has 1 saturated heterocycles. The molecule has 0 N–H and O–H groups in total. The molecule has 0 saturated carbocycles. The van der Waals surface area contributed by atoms with Gasteiger partial charge in [0.05, 0.1) is 13.2 Å². The van der Waals surface area contributed by atoms with Gasteiger partial charge < -0.3 is 9.47 Å². The van der Waals surface area contributed by atoms with Gasteiger partial charge in [-0.3, -0.25) is 0 Å². The molecule has 27 heavy (non-hydrogen) atoms. The molecular weight excluding hydrogens is 353 g/mol. The molecular formula is C22H23F3O2. The minimum atomic E-state index is -1.21. The fraction of sp³-hybridized carbons (Fsp3) is 0.364. The average molecular weight is 376 g/mol. The van der Waals surface area contributed by atoms with Crippen molar-refractivity contribution >= 4 is 0 Å². The maximum Gasteiger partial charge on any atom is 0.210 e. The van der Waals surface area contributed by atoms with Crippen molar-refractivity contribution in [3.63, 3.8) is 0 Å². The summed E-state index contributed by atoms with van der Waals surface area (Å²) in [7, 11) is 0. The van der Waals surface area contributed by atoms with Crippen molar-refractivity contribution in [1.29, 1.82) is 0 Å². The van der Waals surface area contributed by atoms with Crippen LogP contribution >= 0.6 is 0 Å². The number of rotatable bonds is 6. The highest BCUT2D eigenvalue weighted by molar-refractivity contribution is 5.64. The summed E-state index contributed by atoms with van der Waals surface area (Å²) in [6, 6.07) is 13.2. The van der Waals surface area contributed by atoms with E-state index in [9.17, 15) is 13.2 Å². The van der Waals surface area contributed by atoms with E-state index in [0.29, 0.717) is 5.56 Å². The number of hydrogen-bond acceptors (Lipinski definition) is 2. The fourth-order valence-electron chi connectivity index (χ4n) is 3.20. The lowest BCUT2D eigenvalue weighted by Gasteiger charge is -2.29. The molecule has 1 aliphatic rings. The predicted octanol–water partition coefficient (Wildman–Crippen LogP) is 5.72. The van der Waals surface area contributed by atoms with Crippen LogP contribution in [0.1, 0.15) is 30.4 Å². The fourth-order valence-corrected chi connectivity index (χ4v) is 3.20. The van der Waals surface area contributed by atoms with E-state index in [1.807, 2.05) is 18.2 Å². The van der Waals surface area contributed by atoms with Crippen LogP contribution in [-0.4, -0.2) is 26.2 Å². The van der Waals surface area contributed by atoms with Crippen molar-refractivity contribution in [2.24, 2.45) is 0 Å². The molecule has 2 aromatic carbocycles. The van der Waals surface area contributed by atoms with Gasteiger partial charge in [0.15, 0.2) is 5.83 Å².